The van der Waals surface area contributed by atoms with Gasteiger partial charge in [0.05, 0.1) is 6.10 Å². The van der Waals surface area contributed by atoms with Crippen LogP contribution in [-0.4, -0.2) is 32.3 Å². The van der Waals surface area contributed by atoms with Gasteiger partial charge in [0.15, 0.2) is 5.78 Å². The molecule has 0 amide bonds. The Morgan fingerprint density at radius 3 is 2.23 bits per heavy atom. The van der Waals surface area contributed by atoms with Crippen molar-refractivity contribution in [2.75, 3.05) is 0 Å². The molecule has 0 unspecified atom stereocenters. The zero-order valence-electron chi connectivity index (χ0n) is 18.2. The molecule has 31 heavy (non-hydrogen) atoms. The van der Waals surface area contributed by atoms with Crippen LogP contribution in [-0.2, 0) is 0 Å². The molecular formula is C26H34O5. The summed E-state index contributed by atoms with van der Waals surface area (Å²) < 4.78 is 0. The predicted octanol–water partition coefficient (Wildman–Crippen LogP) is 5.88. The molecule has 0 saturated heterocycles. The number of Topliss-reactive ketones (excluding diaryl/α,β-unsaturated/α-hetero) is 1. The van der Waals surface area contributed by atoms with E-state index in [2.05, 4.69) is 19.1 Å². The average Bonchev–Trinajstić information content (AvgIpc) is 2.70. The highest BCUT2D eigenvalue weighted by Crippen LogP contribution is 2.33. The van der Waals surface area contributed by atoms with Crippen molar-refractivity contribution in [1.29, 1.82) is 0 Å². The number of benzene rings is 1. The lowest BCUT2D eigenvalue weighted by Crippen LogP contribution is -1.99. The Morgan fingerprint density at radius 2 is 1.55 bits per heavy atom. The predicted molar refractivity (Wildman–Crippen MR) is 125 cm³/mol. The van der Waals surface area contributed by atoms with Gasteiger partial charge in [-0.05, 0) is 38.5 Å². The van der Waals surface area contributed by atoms with E-state index in [0.29, 0.717) is 12.8 Å². The molecule has 1 rings (SSSR count). The van der Waals surface area contributed by atoms with Gasteiger partial charge in [0.25, 0.3) is 0 Å². The Hall–Kier alpha value is -3.05. The number of carbonyl (C=O) groups is 1. The maximum atomic E-state index is 12.1. The van der Waals surface area contributed by atoms with Gasteiger partial charge in [0.2, 0.25) is 0 Å². The number of aliphatic hydroxyl groups excluding tert-OH is 1. The van der Waals surface area contributed by atoms with Crippen molar-refractivity contribution in [2.24, 2.45) is 0 Å². The minimum absolute atomic E-state index is 0.143. The highest BCUT2D eigenvalue weighted by atomic mass is 16.3. The molecule has 5 nitrogen and oxygen atoms in total. The molecule has 0 radical (unpaired) electrons. The van der Waals surface area contributed by atoms with E-state index in [1.807, 2.05) is 42.5 Å². The molecule has 0 aliphatic rings. The van der Waals surface area contributed by atoms with Crippen molar-refractivity contribution in [3.8, 4) is 17.2 Å². The minimum atomic E-state index is -0.444. The molecule has 4 N–H and O–H groups in total. The summed E-state index contributed by atoms with van der Waals surface area (Å²) in [6, 6.07) is 2.08. The van der Waals surface area contributed by atoms with Crippen LogP contribution in [0, 0.1) is 0 Å². The molecule has 5 heteroatoms. The molecule has 0 aromatic heterocycles. The third-order valence-electron chi connectivity index (χ3n) is 4.37. The monoisotopic (exact) mass is 426 g/mol. The van der Waals surface area contributed by atoms with Crippen LogP contribution in [0.2, 0.25) is 0 Å². The first-order valence-corrected chi connectivity index (χ1v) is 10.7. The zero-order valence-corrected chi connectivity index (χ0v) is 18.2. The summed E-state index contributed by atoms with van der Waals surface area (Å²) in [6.07, 6.45) is 24.1. The lowest BCUT2D eigenvalue weighted by molar-refractivity contribution is 0.0975. The molecule has 0 aliphatic heterocycles. The van der Waals surface area contributed by atoms with E-state index >= 15 is 0 Å². The van der Waals surface area contributed by atoms with Gasteiger partial charge in [0.1, 0.15) is 22.8 Å². The lowest BCUT2D eigenvalue weighted by Gasteiger charge is -2.06. The van der Waals surface area contributed by atoms with E-state index in [-0.39, 0.29) is 23.5 Å². The molecule has 1 aromatic carbocycles. The van der Waals surface area contributed by atoms with Crippen LogP contribution in [0.4, 0.5) is 0 Å². The van der Waals surface area contributed by atoms with Crippen molar-refractivity contribution in [3.05, 3.63) is 78.5 Å². The minimum Gasteiger partial charge on any atom is -0.508 e. The van der Waals surface area contributed by atoms with Gasteiger partial charge in [-0.15, -0.1) is 0 Å². The molecule has 0 fully saturated rings. The topological polar surface area (TPSA) is 98.0 Å². The average molecular weight is 427 g/mol. The summed E-state index contributed by atoms with van der Waals surface area (Å²) in [4.78, 5) is 12.1. The largest absolute Gasteiger partial charge is 0.508 e. The van der Waals surface area contributed by atoms with Crippen LogP contribution in [0.3, 0.4) is 0 Å². The van der Waals surface area contributed by atoms with E-state index in [9.17, 15) is 25.2 Å². The summed E-state index contributed by atoms with van der Waals surface area (Å²) in [7, 11) is 0. The first-order chi connectivity index (χ1) is 15.0. The fourth-order valence-corrected chi connectivity index (χ4v) is 2.78. The third kappa shape index (κ3) is 11.6. The second kappa shape index (κ2) is 15.7. The first-order valence-electron chi connectivity index (χ1n) is 10.7. The van der Waals surface area contributed by atoms with Crippen LogP contribution in [0.15, 0.2) is 72.9 Å². The molecule has 0 heterocycles. The zero-order chi connectivity index (χ0) is 22.9. The summed E-state index contributed by atoms with van der Waals surface area (Å²) in [5.41, 5.74) is -0.143. The van der Waals surface area contributed by atoms with Crippen LogP contribution < -0.4 is 0 Å². The summed E-state index contributed by atoms with van der Waals surface area (Å²) in [5.74, 6) is -1.46. The highest BCUT2D eigenvalue weighted by molar-refractivity contribution is 6.01. The number of ketones is 1. The summed E-state index contributed by atoms with van der Waals surface area (Å²) in [6.45, 7) is 2.06. The normalized spacial score (nSPS) is 13.5. The van der Waals surface area contributed by atoms with Crippen molar-refractivity contribution >= 4 is 5.78 Å². The van der Waals surface area contributed by atoms with E-state index in [1.54, 1.807) is 6.08 Å². The van der Waals surface area contributed by atoms with Gasteiger partial charge < -0.3 is 20.4 Å². The highest BCUT2D eigenvalue weighted by Gasteiger charge is 2.16. The lowest BCUT2D eigenvalue weighted by atomic mass is 10.0. The van der Waals surface area contributed by atoms with Crippen LogP contribution in [0.25, 0.3) is 0 Å². The summed E-state index contributed by atoms with van der Waals surface area (Å²) >= 11 is 0. The molecule has 0 saturated carbocycles. The third-order valence-corrected chi connectivity index (χ3v) is 4.37. The molecule has 0 spiro atoms. The van der Waals surface area contributed by atoms with Crippen molar-refractivity contribution in [2.45, 2.75) is 58.0 Å². The number of aliphatic hydroxyl groups is 1. The van der Waals surface area contributed by atoms with Crippen molar-refractivity contribution < 1.29 is 25.2 Å². The smallest absolute Gasteiger partial charge is 0.170 e. The second-order valence-electron chi connectivity index (χ2n) is 7.08. The van der Waals surface area contributed by atoms with E-state index in [0.717, 1.165) is 37.8 Å². The van der Waals surface area contributed by atoms with Gasteiger partial charge >= 0.3 is 0 Å². The fourth-order valence-electron chi connectivity index (χ4n) is 2.78. The molecule has 1 atom stereocenters. The molecule has 168 valence electrons. The number of unbranched alkanes of at least 4 members (excludes halogenated alkanes) is 1. The maximum Gasteiger partial charge on any atom is 0.170 e. The van der Waals surface area contributed by atoms with Gasteiger partial charge in [-0.25, -0.2) is 0 Å². The van der Waals surface area contributed by atoms with Gasteiger partial charge in [-0.3, -0.25) is 4.79 Å². The van der Waals surface area contributed by atoms with E-state index in [4.69, 9.17) is 0 Å². The van der Waals surface area contributed by atoms with Crippen LogP contribution in [0.1, 0.15) is 62.2 Å². The number of hydrogen-bond acceptors (Lipinski definition) is 5. The molecular weight excluding hydrogens is 392 g/mol. The Morgan fingerprint density at radius 1 is 0.903 bits per heavy atom. The number of aromatic hydroxyl groups is 3. The van der Waals surface area contributed by atoms with Gasteiger partial charge in [-0.1, -0.05) is 67.7 Å². The van der Waals surface area contributed by atoms with Crippen molar-refractivity contribution in [1.82, 2.24) is 0 Å². The molecule has 0 bridgehead atoms. The van der Waals surface area contributed by atoms with Gasteiger partial charge in [-0.2, -0.15) is 0 Å². The van der Waals surface area contributed by atoms with Gasteiger partial charge in [0, 0.05) is 18.6 Å². The molecule has 1 aromatic rings. The Kier molecular flexibility index (Phi) is 13.2. The number of carbonyl (C=O) groups excluding carboxylic acids is 1. The fraction of sp³-hybridized carbons (Fsp3) is 0.346. The Balaban J connectivity index is 2.18. The first kappa shape index (κ1) is 26.0. The SMILES string of the molecule is CC/C=C\C[C@H](O)/C=C/C=C\C/C=C\C/C=C\CCCC(=O)c1c(O)cc(O)cc1O. The van der Waals surface area contributed by atoms with Crippen LogP contribution in [0.5, 0.6) is 17.2 Å². The van der Waals surface area contributed by atoms with Crippen LogP contribution >= 0.6 is 0 Å². The summed E-state index contributed by atoms with van der Waals surface area (Å²) in [5, 5.41) is 38.4. The number of rotatable bonds is 14. The van der Waals surface area contributed by atoms with Crippen molar-refractivity contribution in [3.63, 3.8) is 0 Å². The second-order valence-corrected chi connectivity index (χ2v) is 7.08. The Labute approximate surface area is 185 Å². The maximum absolute atomic E-state index is 12.1. The Bertz CT molecular complexity index is 792. The van der Waals surface area contributed by atoms with E-state index in [1.165, 1.54) is 0 Å². The number of phenols is 3. The number of phenolic OH excluding ortho intramolecular Hbond substituents is 3. The quantitative estimate of drug-likeness (QED) is 0.129. The number of allylic oxidation sites excluding steroid dienone is 8. The standard InChI is InChI=1S/C26H34O5/c1-2-3-13-16-21(27)17-14-11-9-7-5-4-6-8-10-12-15-18-23(29)26-24(30)19-22(28)20-25(26)31/h3-5,8-11,13-14,17,19-21,27-28,30-31H,2,6-7,12,15-16,18H2,1H3/b5-4-,10-8-,11-9-,13-3-,17-14+/t21-/m0/s1. The molecule has 0 aliphatic carbocycles. The number of hydrogen-bond donors (Lipinski definition) is 4. The van der Waals surface area contributed by atoms with E-state index < -0.39 is 17.6 Å².